The zero-order valence-electron chi connectivity index (χ0n) is 20.5. The van der Waals surface area contributed by atoms with Crippen LogP contribution in [-0.4, -0.2) is 52.5 Å². The van der Waals surface area contributed by atoms with Gasteiger partial charge in [-0.05, 0) is 43.9 Å². The van der Waals surface area contributed by atoms with Gasteiger partial charge in [-0.1, -0.05) is 68.3 Å². The molecule has 7 nitrogen and oxygen atoms in total. The predicted octanol–water partition coefficient (Wildman–Crippen LogP) is 4.21. The lowest BCUT2D eigenvalue weighted by Gasteiger charge is -2.39. The first-order valence-corrected chi connectivity index (χ1v) is 13.9. The average molecular weight is 512 g/mol. The van der Waals surface area contributed by atoms with E-state index in [2.05, 4.69) is 10.6 Å². The van der Waals surface area contributed by atoms with Gasteiger partial charge in [-0.2, -0.15) is 0 Å². The van der Waals surface area contributed by atoms with Crippen molar-refractivity contribution in [1.82, 2.24) is 10.2 Å². The van der Waals surface area contributed by atoms with E-state index in [4.69, 9.17) is 16.3 Å². The topological polar surface area (TPSA) is 87.7 Å². The van der Waals surface area contributed by atoms with E-state index in [1.165, 1.54) is 6.42 Å². The standard InChI is InChI=1S/C28H34ClN3O4/c29-17-8-7-11-19(16-17)31-25(33)22-21-14-15-28(36-21)23(22)27(35)32(20-12-5-2-6-13-20)24(28)26(34)30-18-9-3-1-4-10-18/h7-8,11,14-16,18,20-24H,1-6,9-10,12-13H2,(H,30,34)(H,31,33)/t21-,22-,23-,24-,28-/m0/s1. The fourth-order valence-electron chi connectivity index (χ4n) is 7.28. The van der Waals surface area contributed by atoms with Crippen LogP contribution in [0.1, 0.15) is 64.2 Å². The normalized spacial score (nSPS) is 34.1. The van der Waals surface area contributed by atoms with E-state index in [1.807, 2.05) is 17.1 Å². The molecule has 6 rings (SSSR count). The van der Waals surface area contributed by atoms with Crippen LogP contribution in [0.5, 0.6) is 0 Å². The van der Waals surface area contributed by atoms with E-state index in [1.54, 1.807) is 24.3 Å². The van der Waals surface area contributed by atoms with Gasteiger partial charge in [0.2, 0.25) is 17.7 Å². The second-order valence-electron chi connectivity index (χ2n) is 11.1. The molecule has 2 saturated heterocycles. The molecule has 3 amide bonds. The smallest absolute Gasteiger partial charge is 0.246 e. The van der Waals surface area contributed by atoms with Gasteiger partial charge < -0.3 is 20.3 Å². The molecule has 3 aliphatic heterocycles. The van der Waals surface area contributed by atoms with Crippen molar-refractivity contribution in [2.75, 3.05) is 5.32 Å². The van der Waals surface area contributed by atoms with E-state index in [-0.39, 0.29) is 29.8 Å². The predicted molar refractivity (Wildman–Crippen MR) is 136 cm³/mol. The summed E-state index contributed by atoms with van der Waals surface area (Å²) in [6.45, 7) is 0. The summed E-state index contributed by atoms with van der Waals surface area (Å²) >= 11 is 6.11. The lowest BCUT2D eigenvalue weighted by Crippen LogP contribution is -2.58. The summed E-state index contributed by atoms with van der Waals surface area (Å²) in [5.74, 6) is -1.94. The number of nitrogens with zero attached hydrogens (tertiary/aromatic N) is 1. The molecule has 1 spiro atoms. The van der Waals surface area contributed by atoms with Crippen LogP contribution in [0.4, 0.5) is 5.69 Å². The molecule has 5 aliphatic rings. The highest BCUT2D eigenvalue weighted by molar-refractivity contribution is 6.30. The van der Waals surface area contributed by atoms with Gasteiger partial charge in [0.15, 0.2) is 0 Å². The number of benzene rings is 1. The van der Waals surface area contributed by atoms with E-state index < -0.39 is 29.6 Å². The first kappa shape index (κ1) is 24.0. The molecule has 2 bridgehead atoms. The fraction of sp³-hybridized carbons (Fsp3) is 0.607. The summed E-state index contributed by atoms with van der Waals surface area (Å²) in [5.41, 5.74) is -0.525. The van der Waals surface area contributed by atoms with Crippen LogP contribution < -0.4 is 10.6 Å². The fourth-order valence-corrected chi connectivity index (χ4v) is 7.47. The van der Waals surface area contributed by atoms with Crippen LogP contribution in [0.2, 0.25) is 5.02 Å². The van der Waals surface area contributed by atoms with Crippen molar-refractivity contribution in [2.24, 2.45) is 11.8 Å². The molecular formula is C28H34ClN3O4. The molecule has 1 aromatic rings. The zero-order chi connectivity index (χ0) is 24.9. The van der Waals surface area contributed by atoms with E-state index in [0.717, 1.165) is 57.8 Å². The van der Waals surface area contributed by atoms with Crippen LogP contribution in [0.15, 0.2) is 36.4 Å². The number of anilines is 1. The van der Waals surface area contributed by atoms with Crippen molar-refractivity contribution in [3.8, 4) is 0 Å². The van der Waals surface area contributed by atoms with Crippen molar-refractivity contribution < 1.29 is 19.1 Å². The van der Waals surface area contributed by atoms with Crippen molar-refractivity contribution in [2.45, 2.75) is 94.0 Å². The molecule has 5 atom stereocenters. The Morgan fingerprint density at radius 3 is 2.44 bits per heavy atom. The lowest BCUT2D eigenvalue weighted by molar-refractivity contribution is -0.144. The molecule has 2 saturated carbocycles. The summed E-state index contributed by atoms with van der Waals surface area (Å²) in [6.07, 6.45) is 13.6. The number of fused-ring (bicyclic) bond motifs is 1. The minimum absolute atomic E-state index is 0.000946. The van der Waals surface area contributed by atoms with E-state index in [9.17, 15) is 14.4 Å². The lowest BCUT2D eigenvalue weighted by atomic mass is 9.74. The first-order valence-electron chi connectivity index (χ1n) is 13.5. The van der Waals surface area contributed by atoms with Crippen molar-refractivity contribution >= 4 is 35.0 Å². The highest BCUT2D eigenvalue weighted by Crippen LogP contribution is 2.56. The average Bonchev–Trinajstić information content (AvgIpc) is 3.52. The molecule has 36 heavy (non-hydrogen) atoms. The van der Waals surface area contributed by atoms with Gasteiger partial charge in [0.1, 0.15) is 11.6 Å². The third kappa shape index (κ3) is 3.95. The van der Waals surface area contributed by atoms with Crippen LogP contribution >= 0.6 is 11.6 Å². The van der Waals surface area contributed by atoms with Crippen molar-refractivity contribution in [1.29, 1.82) is 0 Å². The first-order chi connectivity index (χ1) is 17.5. The monoisotopic (exact) mass is 511 g/mol. The quantitative estimate of drug-likeness (QED) is 0.580. The molecule has 0 radical (unpaired) electrons. The molecule has 192 valence electrons. The zero-order valence-corrected chi connectivity index (χ0v) is 21.2. The van der Waals surface area contributed by atoms with Crippen LogP contribution in [0, 0.1) is 11.8 Å². The number of hydrogen-bond acceptors (Lipinski definition) is 4. The molecule has 8 heteroatoms. The number of ether oxygens (including phenoxy) is 1. The van der Waals surface area contributed by atoms with Crippen molar-refractivity contribution in [3.63, 3.8) is 0 Å². The number of amides is 3. The maximum Gasteiger partial charge on any atom is 0.246 e. The Morgan fingerprint density at radius 1 is 1.00 bits per heavy atom. The highest BCUT2D eigenvalue weighted by atomic mass is 35.5. The maximum atomic E-state index is 14.1. The highest BCUT2D eigenvalue weighted by Gasteiger charge is 2.73. The van der Waals surface area contributed by atoms with Gasteiger partial charge in [0.05, 0.1) is 17.9 Å². The number of nitrogens with one attached hydrogen (secondary N) is 2. The molecule has 0 aromatic heterocycles. The minimum atomic E-state index is -1.10. The summed E-state index contributed by atoms with van der Waals surface area (Å²) in [4.78, 5) is 43.4. The van der Waals surface area contributed by atoms with Crippen LogP contribution in [-0.2, 0) is 19.1 Å². The Kier molecular flexibility index (Phi) is 6.32. The third-order valence-electron chi connectivity index (χ3n) is 8.87. The molecular weight excluding hydrogens is 478 g/mol. The van der Waals surface area contributed by atoms with Gasteiger partial charge in [0, 0.05) is 22.8 Å². The summed E-state index contributed by atoms with van der Waals surface area (Å²) in [6, 6.07) is 6.36. The van der Waals surface area contributed by atoms with Crippen LogP contribution in [0.25, 0.3) is 0 Å². The van der Waals surface area contributed by atoms with Gasteiger partial charge in [0.25, 0.3) is 0 Å². The van der Waals surface area contributed by atoms with Crippen LogP contribution in [0.3, 0.4) is 0 Å². The number of halogens is 1. The Balaban J connectivity index is 1.32. The molecule has 2 aliphatic carbocycles. The summed E-state index contributed by atoms with van der Waals surface area (Å²) in [7, 11) is 0. The largest absolute Gasteiger partial charge is 0.359 e. The van der Waals surface area contributed by atoms with Gasteiger partial charge in [-0.15, -0.1) is 0 Å². The Morgan fingerprint density at radius 2 is 1.72 bits per heavy atom. The van der Waals surface area contributed by atoms with Gasteiger partial charge in [-0.3, -0.25) is 14.4 Å². The second-order valence-corrected chi connectivity index (χ2v) is 11.5. The number of hydrogen-bond donors (Lipinski definition) is 2. The SMILES string of the molecule is O=C(Nc1cccc(Cl)c1)[C@H]1[C@@H]2C=C[C@]3(O2)[C@@H]1C(=O)N(C1CCCCC1)[C@H]3C(=O)NC1CCCCC1. The maximum absolute atomic E-state index is 14.1. The third-order valence-corrected chi connectivity index (χ3v) is 9.11. The number of likely N-dealkylation sites (tertiary alicyclic amines) is 1. The van der Waals surface area contributed by atoms with E-state index in [0.29, 0.717) is 10.7 Å². The molecule has 1 aromatic carbocycles. The number of carbonyl (C=O) groups is 3. The molecule has 0 unspecified atom stereocenters. The molecule has 4 fully saturated rings. The molecule has 3 heterocycles. The Hall–Kier alpha value is -2.38. The second kappa shape index (κ2) is 9.49. The number of carbonyl (C=O) groups excluding carboxylic acids is 3. The molecule has 2 N–H and O–H groups in total. The minimum Gasteiger partial charge on any atom is -0.359 e. The number of rotatable bonds is 5. The van der Waals surface area contributed by atoms with E-state index >= 15 is 0 Å². The summed E-state index contributed by atoms with van der Waals surface area (Å²) in [5, 5.41) is 6.73. The summed E-state index contributed by atoms with van der Waals surface area (Å²) < 4.78 is 6.47. The van der Waals surface area contributed by atoms with Crippen molar-refractivity contribution in [3.05, 3.63) is 41.4 Å². The van der Waals surface area contributed by atoms with Gasteiger partial charge >= 0.3 is 0 Å². The Bertz CT molecular complexity index is 1080. The van der Waals surface area contributed by atoms with Gasteiger partial charge in [-0.25, -0.2) is 0 Å². The Labute approximate surface area is 217 Å².